The molecule has 38 nitrogen and oxygen atoms in total. The highest BCUT2D eigenvalue weighted by Crippen LogP contribution is 2.43. The largest absolute Gasteiger partial charge is 0.463 e. The summed E-state index contributed by atoms with van der Waals surface area (Å²) in [5.41, 5.74) is -1.02. The summed E-state index contributed by atoms with van der Waals surface area (Å²) >= 11 is 0. The van der Waals surface area contributed by atoms with Gasteiger partial charge >= 0.3 is 77.6 Å². The third kappa shape index (κ3) is 27.7. The van der Waals surface area contributed by atoms with Crippen LogP contribution in [-0.2, 0) is 165 Å². The molecule has 5 aliphatic heterocycles. The topological polar surface area (TPSA) is 464 Å². The Balaban J connectivity index is 1.10. The fourth-order valence-corrected chi connectivity index (χ4v) is 15.5. The minimum atomic E-state index is -2.42. The molecule has 12 rings (SSSR count). The van der Waals surface area contributed by atoms with Crippen LogP contribution in [0, 0.1) is 5.41 Å². The Labute approximate surface area is 781 Å². The average Bonchev–Trinajstić information content (AvgIpc) is 0.751. The fourth-order valence-electron chi connectivity index (χ4n) is 15.5. The number of aliphatic hydroxyl groups is 1. The van der Waals surface area contributed by atoms with Gasteiger partial charge in [-0.2, -0.15) is 0 Å². The van der Waals surface area contributed by atoms with Gasteiger partial charge in [-0.05, 0) is 99.5 Å². The summed E-state index contributed by atoms with van der Waals surface area (Å²) in [6.07, 6.45) is -50.3. The van der Waals surface area contributed by atoms with Gasteiger partial charge in [-0.1, -0.05) is 152 Å². The van der Waals surface area contributed by atoms with Crippen molar-refractivity contribution in [2.75, 3.05) is 26.4 Å². The van der Waals surface area contributed by atoms with Gasteiger partial charge in [-0.15, -0.1) is 0 Å². The molecule has 726 valence electrons. The van der Waals surface area contributed by atoms with Gasteiger partial charge in [0.1, 0.15) is 74.8 Å². The molecule has 7 aromatic carbocycles. The number of ether oxygens (including phenoxy) is 24. The van der Waals surface area contributed by atoms with E-state index in [4.69, 9.17) is 114 Å². The molecule has 0 unspecified atom stereocenters. The lowest BCUT2D eigenvalue weighted by atomic mass is 9.94. The lowest BCUT2D eigenvalue weighted by Gasteiger charge is -2.52. The first kappa shape index (κ1) is 102. The molecule has 0 aliphatic carbocycles. The van der Waals surface area contributed by atoms with Crippen molar-refractivity contribution in [2.24, 2.45) is 5.41 Å². The lowest BCUT2D eigenvalue weighted by molar-refractivity contribution is -0.400. The van der Waals surface area contributed by atoms with E-state index in [1.54, 1.807) is 103 Å². The number of esters is 13. The summed E-state index contributed by atoms with van der Waals surface area (Å²) < 4.78 is 156. The van der Waals surface area contributed by atoms with Gasteiger partial charge < -0.3 is 119 Å². The summed E-state index contributed by atoms with van der Waals surface area (Å²) in [6, 6.07) is 53.8. The number of benzene rings is 7. The predicted octanol–water partition coefficient (Wildman–Crippen LogP) is 8.47. The SMILES string of the molecule is CC(=O)OC[C@H]1O[C@@H](OC[C@H]2O[C@H](O)[C@H](OCc3ccccc3)[C@@H](O[C@@H]3O[C@H](COC(=O)C(C)(C)C)[C@@H](O[C@@H]4O[C@H](COC(=O)c5ccccc5)[C@H](OC(=O)c5ccccc5)[C@H](OC(=O)c5ccccc5)[C@H]4OC(=O)c4ccccc4)[C@H](O[C@@H]4O[C@@H](C)[C@@H](OC(C)=O)[C@@H](OC(C)=O)[C@@H]4OC(C)=O)[C@H]3OC(=O)c3ccccc3)[C@H]2OCc2ccccc2)[C@H](OC(C)=O)[C@@H](OC(C)=O)[C@H]1OC(C)=O. The highest BCUT2D eigenvalue weighted by atomic mass is 16.8. The number of hydrogen-bond donors (Lipinski definition) is 1. The highest BCUT2D eigenvalue weighted by molar-refractivity contribution is 5.92. The summed E-state index contributed by atoms with van der Waals surface area (Å²) in [5.74, 6) is -13.5. The maximum atomic E-state index is 15.9. The lowest BCUT2D eigenvalue weighted by Crippen LogP contribution is -2.70. The molecular formula is C98H106O38. The zero-order valence-corrected chi connectivity index (χ0v) is 75.9. The van der Waals surface area contributed by atoms with Crippen LogP contribution in [0.1, 0.15) is 139 Å². The first-order chi connectivity index (χ1) is 65.1. The number of aliphatic hydroxyl groups excluding tert-OH is 1. The zero-order valence-electron chi connectivity index (χ0n) is 75.9. The third-order valence-electron chi connectivity index (χ3n) is 21.6. The van der Waals surface area contributed by atoms with Crippen LogP contribution in [0.3, 0.4) is 0 Å². The maximum Gasteiger partial charge on any atom is 0.338 e. The molecule has 5 saturated heterocycles. The normalized spacial score (nSPS) is 28.1. The minimum Gasteiger partial charge on any atom is -0.463 e. The first-order valence-corrected chi connectivity index (χ1v) is 43.6. The van der Waals surface area contributed by atoms with E-state index >= 15 is 14.4 Å². The second-order valence-corrected chi connectivity index (χ2v) is 33.1. The van der Waals surface area contributed by atoms with Crippen LogP contribution in [0.4, 0.5) is 0 Å². The van der Waals surface area contributed by atoms with Crippen molar-refractivity contribution < 1.29 is 181 Å². The van der Waals surface area contributed by atoms with Crippen molar-refractivity contribution in [3.8, 4) is 0 Å². The van der Waals surface area contributed by atoms with Crippen LogP contribution in [0.15, 0.2) is 212 Å². The molecule has 0 amide bonds. The van der Waals surface area contributed by atoms with Gasteiger partial charge in [0, 0.05) is 48.5 Å². The molecule has 5 fully saturated rings. The molecule has 0 saturated carbocycles. The molecule has 0 bridgehead atoms. The molecule has 0 spiro atoms. The number of carbonyl (C=O) groups excluding carboxylic acids is 13. The van der Waals surface area contributed by atoms with Gasteiger partial charge in [-0.25, -0.2) is 24.0 Å². The van der Waals surface area contributed by atoms with Crippen molar-refractivity contribution in [1.29, 1.82) is 0 Å². The van der Waals surface area contributed by atoms with E-state index in [0.717, 1.165) is 48.5 Å². The van der Waals surface area contributed by atoms with Crippen LogP contribution in [0.5, 0.6) is 0 Å². The van der Waals surface area contributed by atoms with Crippen molar-refractivity contribution in [3.63, 3.8) is 0 Å². The Morgan fingerprint density at radius 1 is 0.265 bits per heavy atom. The number of hydrogen-bond acceptors (Lipinski definition) is 38. The van der Waals surface area contributed by atoms with Crippen LogP contribution >= 0.6 is 0 Å². The van der Waals surface area contributed by atoms with E-state index in [0.29, 0.717) is 11.1 Å². The third-order valence-corrected chi connectivity index (χ3v) is 21.6. The Morgan fingerprint density at radius 3 is 0.978 bits per heavy atom. The van der Waals surface area contributed by atoms with Crippen LogP contribution < -0.4 is 0 Å². The summed E-state index contributed by atoms with van der Waals surface area (Å²) in [4.78, 5) is 184. The van der Waals surface area contributed by atoms with Crippen molar-refractivity contribution >= 4 is 77.6 Å². The van der Waals surface area contributed by atoms with E-state index in [2.05, 4.69) is 0 Å². The molecular weight excluding hydrogens is 1790 g/mol. The molecule has 7 aromatic rings. The van der Waals surface area contributed by atoms with Gasteiger partial charge in [-0.3, -0.25) is 38.4 Å². The van der Waals surface area contributed by atoms with E-state index in [1.807, 2.05) is 0 Å². The zero-order chi connectivity index (χ0) is 97.4. The molecule has 136 heavy (non-hydrogen) atoms. The standard InChI is InChI=1S/C98H106O38/c1-53-72(120-55(3)100)77(122-57(5)102)84(125-60(8)105)94(119-53)136-81-76(134-95-85(132-90(109)66-43-29-17-30-44-66)80(131-89(108)65-41-27-16-28-42-65)75(130-88(107)64-39-25-15-26-40-64)70(128-95)50-116-87(106)63-37-23-14-24-38-63)71(52-118-97(112)98(9,10)11)129-96(86(81)133-91(110)67-45-31-18-32-46-67)135-78-73(114-47-61-33-19-12-20-34-61)68(126-92(111)82(78)115-48-62-35-21-13-22-36-62)51-117-93-83(124-59(7)104)79(123-58(6)103)74(121-56(4)101)69(127-93)49-113-54(2)99/h12-46,53,68-86,92-96,111H,47-52H2,1-11H3/t53-,68+,69+,70+,71+,72+,73-,74-,75-,76+,77+,78-,79-,80-,81-,82+,83+,84-,85+,86+,92-,93+,94-,95-,96-/m0/s1. The quantitative estimate of drug-likeness (QED) is 0.0284. The Bertz CT molecular complexity index is 5190. The van der Waals surface area contributed by atoms with E-state index in [1.165, 1.54) is 137 Å². The van der Waals surface area contributed by atoms with Gasteiger partial charge in [0.25, 0.3) is 0 Å². The van der Waals surface area contributed by atoms with Crippen LogP contribution in [-0.4, -0.2) is 263 Å². The van der Waals surface area contributed by atoms with E-state index < -0.39 is 263 Å². The molecule has 5 heterocycles. The molecule has 0 aromatic heterocycles. The fraction of sp³-hybridized carbons (Fsp3) is 0.439. The molecule has 38 heteroatoms. The number of carbonyl (C=O) groups is 13. The molecule has 25 atom stereocenters. The second kappa shape index (κ2) is 48.1. The van der Waals surface area contributed by atoms with Crippen LogP contribution in [0.25, 0.3) is 0 Å². The Hall–Kier alpha value is -12.8. The minimum absolute atomic E-state index is 0.00238. The smallest absolute Gasteiger partial charge is 0.338 e. The summed E-state index contributed by atoms with van der Waals surface area (Å²) in [5, 5.41) is 13.1. The average molecular weight is 1890 g/mol. The van der Waals surface area contributed by atoms with Crippen molar-refractivity contribution in [3.05, 3.63) is 251 Å². The first-order valence-electron chi connectivity index (χ1n) is 43.6. The van der Waals surface area contributed by atoms with Gasteiger partial charge in [0.2, 0.25) is 0 Å². The van der Waals surface area contributed by atoms with Crippen LogP contribution in [0.2, 0.25) is 0 Å². The molecule has 5 aliphatic rings. The monoisotopic (exact) mass is 1890 g/mol. The van der Waals surface area contributed by atoms with Crippen molar-refractivity contribution in [2.45, 2.75) is 243 Å². The van der Waals surface area contributed by atoms with Gasteiger partial charge in [0.05, 0.1) is 59.2 Å². The van der Waals surface area contributed by atoms with E-state index in [9.17, 15) is 53.1 Å². The molecule has 0 radical (unpaired) electrons. The summed E-state index contributed by atoms with van der Waals surface area (Å²) in [7, 11) is 0. The highest BCUT2D eigenvalue weighted by Gasteiger charge is 2.63. The Kier molecular flexibility index (Phi) is 36.1. The predicted molar refractivity (Wildman–Crippen MR) is 461 cm³/mol. The van der Waals surface area contributed by atoms with Crippen molar-refractivity contribution in [1.82, 2.24) is 0 Å². The molecule has 1 N–H and O–H groups in total. The number of rotatable bonds is 36. The summed E-state index contributed by atoms with van der Waals surface area (Å²) in [6.45, 7) is 8.62. The maximum absolute atomic E-state index is 15.9. The van der Waals surface area contributed by atoms with Gasteiger partial charge in [0.15, 0.2) is 92.5 Å². The second-order valence-electron chi connectivity index (χ2n) is 33.1. The van der Waals surface area contributed by atoms with E-state index in [-0.39, 0.29) is 41.0 Å². The Morgan fingerprint density at radius 2 is 0.551 bits per heavy atom.